The van der Waals surface area contributed by atoms with Crippen LogP contribution in [0.2, 0.25) is 0 Å². The van der Waals surface area contributed by atoms with Crippen LogP contribution in [-0.2, 0) is 13.1 Å². The van der Waals surface area contributed by atoms with E-state index >= 15 is 0 Å². The van der Waals surface area contributed by atoms with Gasteiger partial charge in [-0.05, 0) is 13.8 Å². The van der Waals surface area contributed by atoms with Gasteiger partial charge in [-0.3, -0.25) is 4.99 Å². The molecule has 0 saturated carbocycles. The highest BCUT2D eigenvalue weighted by Gasteiger charge is 2.08. The van der Waals surface area contributed by atoms with Crippen molar-refractivity contribution in [2.75, 3.05) is 7.05 Å². The zero-order chi connectivity index (χ0) is 17.6. The molecule has 1 aromatic carbocycles. The third-order valence-electron chi connectivity index (χ3n) is 3.76. The minimum atomic E-state index is 0.534. The summed E-state index contributed by atoms with van der Waals surface area (Å²) >= 11 is 1.70. The van der Waals surface area contributed by atoms with E-state index in [4.69, 9.17) is 4.52 Å². The van der Waals surface area contributed by atoms with Gasteiger partial charge in [0.1, 0.15) is 10.7 Å². The molecule has 3 rings (SSSR count). The molecule has 0 spiro atoms. The van der Waals surface area contributed by atoms with Crippen LogP contribution in [0.15, 0.2) is 45.9 Å². The molecule has 7 heteroatoms. The molecule has 0 amide bonds. The summed E-state index contributed by atoms with van der Waals surface area (Å²) in [6.07, 6.45) is 0. The lowest BCUT2D eigenvalue weighted by atomic mass is 10.2. The van der Waals surface area contributed by atoms with Crippen molar-refractivity contribution in [2.24, 2.45) is 4.99 Å². The number of nitrogens with one attached hydrogen (secondary N) is 2. The Labute approximate surface area is 151 Å². The van der Waals surface area contributed by atoms with Crippen LogP contribution in [0.5, 0.6) is 0 Å². The van der Waals surface area contributed by atoms with Gasteiger partial charge < -0.3 is 15.2 Å². The van der Waals surface area contributed by atoms with E-state index in [9.17, 15) is 0 Å². The molecule has 0 unspecified atom stereocenters. The number of aromatic nitrogens is 2. The predicted octanol–water partition coefficient (Wildman–Crippen LogP) is 3.28. The average Bonchev–Trinajstić information content (AvgIpc) is 3.23. The van der Waals surface area contributed by atoms with Crippen LogP contribution in [0.25, 0.3) is 11.3 Å². The quantitative estimate of drug-likeness (QED) is 0.543. The zero-order valence-electron chi connectivity index (χ0n) is 14.5. The molecule has 0 aliphatic heterocycles. The van der Waals surface area contributed by atoms with E-state index in [1.165, 1.54) is 4.88 Å². The summed E-state index contributed by atoms with van der Waals surface area (Å²) in [6, 6.07) is 11.9. The van der Waals surface area contributed by atoms with Crippen molar-refractivity contribution >= 4 is 17.3 Å². The minimum absolute atomic E-state index is 0.534. The number of rotatable bonds is 5. The number of hydrogen-bond donors (Lipinski definition) is 2. The first-order chi connectivity index (χ1) is 12.2. The van der Waals surface area contributed by atoms with Gasteiger partial charge in [0.15, 0.2) is 11.7 Å². The van der Waals surface area contributed by atoms with Gasteiger partial charge in [-0.15, -0.1) is 11.3 Å². The summed E-state index contributed by atoms with van der Waals surface area (Å²) in [5, 5.41) is 11.6. The van der Waals surface area contributed by atoms with Gasteiger partial charge >= 0.3 is 0 Å². The Balaban J connectivity index is 1.54. The first kappa shape index (κ1) is 17.2. The number of nitrogens with zero attached hydrogens (tertiary/aromatic N) is 3. The lowest BCUT2D eigenvalue weighted by Gasteiger charge is -2.09. The third kappa shape index (κ3) is 4.45. The fourth-order valence-corrected chi connectivity index (χ4v) is 3.18. The van der Waals surface area contributed by atoms with Crippen molar-refractivity contribution < 1.29 is 4.52 Å². The number of hydrogen-bond acceptors (Lipinski definition) is 5. The maximum absolute atomic E-state index is 5.40. The second kappa shape index (κ2) is 7.94. The summed E-state index contributed by atoms with van der Waals surface area (Å²) in [6.45, 7) is 5.29. The van der Waals surface area contributed by atoms with Crippen molar-refractivity contribution in [3.8, 4) is 11.3 Å². The number of aryl methyl sites for hydroxylation is 2. The largest absolute Gasteiger partial charge is 0.356 e. The van der Waals surface area contributed by atoms with E-state index < -0.39 is 0 Å². The Kier molecular flexibility index (Phi) is 5.45. The van der Waals surface area contributed by atoms with Gasteiger partial charge in [0.2, 0.25) is 0 Å². The number of guanidine groups is 1. The van der Waals surface area contributed by atoms with Crippen LogP contribution in [0.4, 0.5) is 0 Å². The molecule has 6 nitrogen and oxygen atoms in total. The van der Waals surface area contributed by atoms with E-state index in [2.05, 4.69) is 32.7 Å². The first-order valence-corrected chi connectivity index (χ1v) is 8.86. The van der Waals surface area contributed by atoms with Crippen molar-refractivity contribution in [2.45, 2.75) is 26.9 Å². The van der Waals surface area contributed by atoms with E-state index in [0.717, 1.165) is 27.7 Å². The molecule has 0 atom stereocenters. The molecule has 0 saturated heterocycles. The van der Waals surface area contributed by atoms with Crippen molar-refractivity contribution in [3.63, 3.8) is 0 Å². The Bertz CT molecular complexity index is 834. The van der Waals surface area contributed by atoms with Crippen molar-refractivity contribution in [3.05, 3.63) is 57.7 Å². The van der Waals surface area contributed by atoms with Gasteiger partial charge in [0.05, 0.1) is 18.8 Å². The van der Waals surface area contributed by atoms with Gasteiger partial charge in [-0.2, -0.15) is 0 Å². The lowest BCUT2D eigenvalue weighted by molar-refractivity contribution is 0.422. The summed E-state index contributed by atoms with van der Waals surface area (Å²) < 4.78 is 5.40. The number of aliphatic imine (C=N–C) groups is 1. The van der Waals surface area contributed by atoms with E-state index in [1.54, 1.807) is 18.4 Å². The molecule has 0 bridgehead atoms. The highest BCUT2D eigenvalue weighted by molar-refractivity contribution is 7.11. The Hall–Kier alpha value is -2.67. The monoisotopic (exact) mass is 355 g/mol. The van der Waals surface area contributed by atoms with Crippen molar-refractivity contribution in [1.29, 1.82) is 0 Å². The molecule has 0 aliphatic rings. The van der Waals surface area contributed by atoms with Gasteiger partial charge in [-0.25, -0.2) is 4.98 Å². The fourth-order valence-electron chi connectivity index (χ4n) is 2.30. The maximum atomic E-state index is 5.40. The fraction of sp³-hybridized carbons (Fsp3) is 0.278. The number of thiazole rings is 1. The molecule has 2 N–H and O–H groups in total. The molecular weight excluding hydrogens is 334 g/mol. The van der Waals surface area contributed by atoms with Gasteiger partial charge in [0.25, 0.3) is 0 Å². The minimum Gasteiger partial charge on any atom is -0.356 e. The molecule has 3 aromatic rings. The normalized spacial score (nSPS) is 11.6. The molecular formula is C18H21N5OS. The zero-order valence-corrected chi connectivity index (χ0v) is 15.4. The molecule has 0 fully saturated rings. The summed E-state index contributed by atoms with van der Waals surface area (Å²) in [5.74, 6) is 1.46. The van der Waals surface area contributed by atoms with E-state index in [0.29, 0.717) is 19.0 Å². The van der Waals surface area contributed by atoms with Crippen LogP contribution in [-0.4, -0.2) is 23.1 Å². The van der Waals surface area contributed by atoms with Crippen LogP contribution >= 0.6 is 11.3 Å². The molecule has 0 aliphatic carbocycles. The maximum Gasteiger partial charge on any atom is 0.191 e. The highest BCUT2D eigenvalue weighted by Crippen LogP contribution is 2.19. The molecule has 2 heterocycles. The average molecular weight is 355 g/mol. The Morgan fingerprint density at radius 3 is 2.60 bits per heavy atom. The van der Waals surface area contributed by atoms with Crippen LogP contribution in [0.3, 0.4) is 0 Å². The van der Waals surface area contributed by atoms with Gasteiger partial charge in [-0.1, -0.05) is 35.5 Å². The second-order valence-electron chi connectivity index (χ2n) is 5.58. The van der Waals surface area contributed by atoms with Gasteiger partial charge in [0, 0.05) is 23.6 Å². The first-order valence-electron chi connectivity index (χ1n) is 8.04. The van der Waals surface area contributed by atoms with E-state index in [1.807, 2.05) is 43.3 Å². The third-order valence-corrected chi connectivity index (χ3v) is 4.83. The topological polar surface area (TPSA) is 75.3 Å². The molecule has 130 valence electrons. The summed E-state index contributed by atoms with van der Waals surface area (Å²) in [5.41, 5.74) is 2.92. The van der Waals surface area contributed by atoms with Crippen molar-refractivity contribution in [1.82, 2.24) is 20.8 Å². The van der Waals surface area contributed by atoms with Crippen LogP contribution < -0.4 is 10.6 Å². The standard InChI is InChI=1S/C18H21N5OS/c1-12-13(2)25-17(22-12)11-21-18(19-3)20-10-15-9-16(24-23-15)14-7-5-4-6-8-14/h4-9H,10-11H2,1-3H3,(H2,19,20,21). The Morgan fingerprint density at radius 2 is 1.92 bits per heavy atom. The van der Waals surface area contributed by atoms with Crippen LogP contribution in [0, 0.1) is 13.8 Å². The molecule has 2 aromatic heterocycles. The molecule has 0 radical (unpaired) electrons. The highest BCUT2D eigenvalue weighted by atomic mass is 32.1. The smallest absolute Gasteiger partial charge is 0.191 e. The molecule has 25 heavy (non-hydrogen) atoms. The Morgan fingerprint density at radius 1 is 1.16 bits per heavy atom. The SMILES string of the molecule is CN=C(NCc1cc(-c2ccccc2)on1)NCc1nc(C)c(C)s1. The second-order valence-corrected chi connectivity index (χ2v) is 6.86. The lowest BCUT2D eigenvalue weighted by Crippen LogP contribution is -2.36. The summed E-state index contributed by atoms with van der Waals surface area (Å²) in [7, 11) is 1.74. The predicted molar refractivity (Wildman–Crippen MR) is 101 cm³/mol. The van der Waals surface area contributed by atoms with Crippen LogP contribution in [0.1, 0.15) is 21.3 Å². The summed E-state index contributed by atoms with van der Waals surface area (Å²) in [4.78, 5) is 9.99. The number of benzene rings is 1. The van der Waals surface area contributed by atoms with E-state index in [-0.39, 0.29) is 0 Å².